The van der Waals surface area contributed by atoms with E-state index in [1.165, 1.54) is 55.5 Å². The number of rotatable bonds is 3. The van der Waals surface area contributed by atoms with Crippen LogP contribution in [0.25, 0.3) is 0 Å². The average molecular weight is 323 g/mol. The van der Waals surface area contributed by atoms with Crippen LogP contribution in [0, 0.1) is 5.41 Å². The summed E-state index contributed by atoms with van der Waals surface area (Å²) in [5.41, 5.74) is 1.95. The van der Waals surface area contributed by atoms with Crippen LogP contribution in [-0.4, -0.2) is 31.1 Å². The molecule has 2 aliphatic rings. The summed E-state index contributed by atoms with van der Waals surface area (Å²) in [7, 11) is 0. The van der Waals surface area contributed by atoms with Gasteiger partial charge in [0.1, 0.15) is 0 Å². The molecule has 2 fully saturated rings. The molecule has 2 unspecified atom stereocenters. The van der Waals surface area contributed by atoms with Gasteiger partial charge in [-0.05, 0) is 55.5 Å². The molecule has 0 amide bonds. The molecule has 3 heteroatoms. The van der Waals surface area contributed by atoms with E-state index < -0.39 is 0 Å². The molecule has 1 N–H and O–H groups in total. The van der Waals surface area contributed by atoms with Crippen molar-refractivity contribution in [1.29, 1.82) is 0 Å². The second kappa shape index (κ2) is 5.55. The molecule has 104 valence electrons. The zero-order valence-electron chi connectivity index (χ0n) is 11.7. The van der Waals surface area contributed by atoms with E-state index in [0.29, 0.717) is 11.5 Å². The molecule has 2 atom stereocenters. The summed E-state index contributed by atoms with van der Waals surface area (Å²) in [4.78, 5) is 2.70. The van der Waals surface area contributed by atoms with Crippen molar-refractivity contribution < 1.29 is 0 Å². The highest BCUT2D eigenvalue weighted by Gasteiger charge is 2.35. The van der Waals surface area contributed by atoms with Crippen molar-refractivity contribution >= 4 is 15.9 Å². The molecule has 2 aliphatic heterocycles. The van der Waals surface area contributed by atoms with E-state index in [1.807, 2.05) is 0 Å². The first-order valence-corrected chi connectivity index (χ1v) is 8.16. The Balaban J connectivity index is 1.72. The lowest BCUT2D eigenvalue weighted by Gasteiger charge is -2.33. The van der Waals surface area contributed by atoms with E-state index in [1.54, 1.807) is 0 Å². The van der Waals surface area contributed by atoms with Gasteiger partial charge < -0.3 is 5.32 Å². The monoisotopic (exact) mass is 322 g/mol. The number of halogens is 1. The predicted molar refractivity (Wildman–Crippen MR) is 83.3 cm³/mol. The molecule has 0 bridgehead atoms. The highest BCUT2D eigenvalue weighted by Crippen LogP contribution is 2.36. The summed E-state index contributed by atoms with van der Waals surface area (Å²) >= 11 is 3.53. The van der Waals surface area contributed by atoms with Gasteiger partial charge in [-0.3, -0.25) is 4.90 Å². The minimum Gasteiger partial charge on any atom is -0.316 e. The SMILES string of the molecule is CC1(CN2CCCC2c2ccc(Br)cc2)CCNC1. The normalized spacial score (nSPS) is 32.0. The van der Waals surface area contributed by atoms with Crippen LogP contribution in [0.4, 0.5) is 0 Å². The number of benzene rings is 1. The molecule has 0 aliphatic carbocycles. The smallest absolute Gasteiger partial charge is 0.0348 e. The minimum absolute atomic E-state index is 0.470. The molecule has 2 heterocycles. The van der Waals surface area contributed by atoms with Gasteiger partial charge >= 0.3 is 0 Å². The van der Waals surface area contributed by atoms with Gasteiger partial charge in [-0.1, -0.05) is 35.0 Å². The van der Waals surface area contributed by atoms with Crippen molar-refractivity contribution in [1.82, 2.24) is 10.2 Å². The van der Waals surface area contributed by atoms with Gasteiger partial charge in [-0.15, -0.1) is 0 Å². The largest absolute Gasteiger partial charge is 0.316 e. The van der Waals surface area contributed by atoms with Crippen LogP contribution >= 0.6 is 15.9 Å². The molecular weight excluding hydrogens is 300 g/mol. The molecule has 0 aromatic heterocycles. The summed E-state index contributed by atoms with van der Waals surface area (Å²) in [5.74, 6) is 0. The van der Waals surface area contributed by atoms with Gasteiger partial charge in [0.05, 0.1) is 0 Å². The Bertz CT molecular complexity index is 423. The molecule has 19 heavy (non-hydrogen) atoms. The molecule has 3 rings (SSSR count). The summed E-state index contributed by atoms with van der Waals surface area (Å²) in [6.45, 7) is 7.30. The maximum atomic E-state index is 3.53. The standard InChI is InChI=1S/C16H23BrN2/c1-16(8-9-18-11-16)12-19-10-2-3-15(19)13-4-6-14(17)7-5-13/h4-7,15,18H,2-3,8-12H2,1H3. The molecule has 0 saturated carbocycles. The van der Waals surface area contributed by atoms with E-state index in [-0.39, 0.29) is 0 Å². The molecular formula is C16H23BrN2. The second-order valence-corrected chi connectivity index (χ2v) is 7.33. The molecule has 2 saturated heterocycles. The topological polar surface area (TPSA) is 15.3 Å². The third-order valence-electron chi connectivity index (χ3n) is 4.66. The van der Waals surface area contributed by atoms with Gasteiger partial charge in [-0.25, -0.2) is 0 Å². The number of nitrogens with one attached hydrogen (secondary N) is 1. The van der Waals surface area contributed by atoms with Crippen LogP contribution in [0.5, 0.6) is 0 Å². The Labute approximate surface area is 124 Å². The number of likely N-dealkylation sites (tertiary alicyclic amines) is 1. The van der Waals surface area contributed by atoms with E-state index >= 15 is 0 Å². The quantitative estimate of drug-likeness (QED) is 0.914. The fourth-order valence-electron chi connectivity index (χ4n) is 3.57. The molecule has 1 aromatic carbocycles. The zero-order chi connectivity index (χ0) is 13.3. The highest BCUT2D eigenvalue weighted by molar-refractivity contribution is 9.10. The third kappa shape index (κ3) is 3.04. The van der Waals surface area contributed by atoms with Gasteiger partial charge in [-0.2, -0.15) is 0 Å². The Hall–Kier alpha value is -0.380. The van der Waals surface area contributed by atoms with E-state index in [2.05, 4.69) is 57.3 Å². The van der Waals surface area contributed by atoms with Gasteiger partial charge in [0, 0.05) is 23.6 Å². The van der Waals surface area contributed by atoms with E-state index in [4.69, 9.17) is 0 Å². The summed E-state index contributed by atoms with van der Waals surface area (Å²) in [6, 6.07) is 9.53. The lowest BCUT2D eigenvalue weighted by atomic mass is 9.88. The molecule has 0 spiro atoms. The third-order valence-corrected chi connectivity index (χ3v) is 5.19. The van der Waals surface area contributed by atoms with Crippen molar-refractivity contribution in [3.05, 3.63) is 34.3 Å². The average Bonchev–Trinajstić information content (AvgIpc) is 3.00. The van der Waals surface area contributed by atoms with Gasteiger partial charge in [0.15, 0.2) is 0 Å². The predicted octanol–water partition coefficient (Wildman–Crippen LogP) is 3.59. The fourth-order valence-corrected chi connectivity index (χ4v) is 3.84. The lowest BCUT2D eigenvalue weighted by Crippen LogP contribution is -2.37. The van der Waals surface area contributed by atoms with E-state index in [0.717, 1.165) is 0 Å². The summed E-state index contributed by atoms with van der Waals surface area (Å²) in [6.07, 6.45) is 3.96. The first-order valence-electron chi connectivity index (χ1n) is 7.37. The summed E-state index contributed by atoms with van der Waals surface area (Å²) < 4.78 is 1.17. The van der Waals surface area contributed by atoms with Crippen LogP contribution in [0.1, 0.15) is 37.8 Å². The Kier molecular flexibility index (Phi) is 3.97. The first-order chi connectivity index (χ1) is 9.16. The highest BCUT2D eigenvalue weighted by atomic mass is 79.9. The van der Waals surface area contributed by atoms with Crippen LogP contribution in [0.15, 0.2) is 28.7 Å². The molecule has 0 radical (unpaired) electrons. The lowest BCUT2D eigenvalue weighted by molar-refractivity contribution is 0.165. The van der Waals surface area contributed by atoms with E-state index in [9.17, 15) is 0 Å². The molecule has 1 aromatic rings. The van der Waals surface area contributed by atoms with Crippen molar-refractivity contribution in [3.63, 3.8) is 0 Å². The number of nitrogens with zero attached hydrogens (tertiary/aromatic N) is 1. The van der Waals surface area contributed by atoms with Crippen LogP contribution < -0.4 is 5.32 Å². The Morgan fingerprint density at radius 3 is 2.84 bits per heavy atom. The van der Waals surface area contributed by atoms with Crippen molar-refractivity contribution in [2.45, 2.75) is 32.2 Å². The fraction of sp³-hybridized carbons (Fsp3) is 0.625. The first kappa shape index (κ1) is 13.6. The van der Waals surface area contributed by atoms with Crippen molar-refractivity contribution in [2.75, 3.05) is 26.2 Å². The van der Waals surface area contributed by atoms with Gasteiger partial charge in [0.25, 0.3) is 0 Å². The van der Waals surface area contributed by atoms with Crippen LogP contribution in [0.3, 0.4) is 0 Å². The van der Waals surface area contributed by atoms with Crippen LogP contribution in [0.2, 0.25) is 0 Å². The summed E-state index contributed by atoms with van der Waals surface area (Å²) in [5, 5.41) is 3.52. The zero-order valence-corrected chi connectivity index (χ0v) is 13.2. The Morgan fingerprint density at radius 1 is 1.37 bits per heavy atom. The second-order valence-electron chi connectivity index (χ2n) is 6.42. The maximum absolute atomic E-state index is 3.53. The number of hydrogen-bond donors (Lipinski definition) is 1. The number of hydrogen-bond acceptors (Lipinski definition) is 2. The van der Waals surface area contributed by atoms with Crippen molar-refractivity contribution in [3.8, 4) is 0 Å². The van der Waals surface area contributed by atoms with Crippen LogP contribution in [-0.2, 0) is 0 Å². The minimum atomic E-state index is 0.470. The molecule has 2 nitrogen and oxygen atoms in total. The van der Waals surface area contributed by atoms with Gasteiger partial charge in [0.2, 0.25) is 0 Å². The maximum Gasteiger partial charge on any atom is 0.0348 e. The van der Waals surface area contributed by atoms with Crippen molar-refractivity contribution in [2.24, 2.45) is 5.41 Å². The Morgan fingerprint density at radius 2 is 2.16 bits per heavy atom.